The summed E-state index contributed by atoms with van der Waals surface area (Å²) in [4.78, 5) is 15.6. The summed E-state index contributed by atoms with van der Waals surface area (Å²) in [5, 5.41) is 8.91. The Morgan fingerprint density at radius 1 is 1.19 bits per heavy atom. The van der Waals surface area contributed by atoms with Crippen molar-refractivity contribution in [3.05, 3.63) is 35.4 Å². The molecule has 0 aromatic heterocycles. The number of nitrogens with zero attached hydrogens (tertiary/aromatic N) is 2. The first kappa shape index (κ1) is 16.0. The molecule has 1 N–H and O–H groups in total. The third-order valence-corrected chi connectivity index (χ3v) is 4.10. The number of carbonyl (C=O) groups is 1. The second-order valence-electron chi connectivity index (χ2n) is 5.95. The minimum Gasteiger partial charge on any atom is -0.481 e. The van der Waals surface area contributed by atoms with Gasteiger partial charge in [0.05, 0.1) is 6.42 Å². The molecule has 116 valence electrons. The number of aliphatic carboxylic acids is 1. The van der Waals surface area contributed by atoms with Gasteiger partial charge in [-0.3, -0.25) is 9.69 Å². The third kappa shape index (κ3) is 5.86. The lowest BCUT2D eigenvalue weighted by Gasteiger charge is -2.25. The van der Waals surface area contributed by atoms with Crippen LogP contribution in [0, 0.1) is 6.92 Å². The van der Waals surface area contributed by atoms with Gasteiger partial charge in [0.1, 0.15) is 0 Å². The molecule has 1 saturated heterocycles. The van der Waals surface area contributed by atoms with Gasteiger partial charge in [-0.05, 0) is 38.4 Å². The predicted octanol–water partition coefficient (Wildman–Crippen LogP) is 2.37. The number of likely N-dealkylation sites (tertiary alicyclic amines) is 1. The number of carboxylic acid groups (broad SMARTS) is 1. The summed E-state index contributed by atoms with van der Waals surface area (Å²) in [5.74, 6) is -0.718. The molecule has 1 aromatic rings. The van der Waals surface area contributed by atoms with Gasteiger partial charge in [-0.1, -0.05) is 29.8 Å². The van der Waals surface area contributed by atoms with E-state index in [1.165, 1.54) is 37.1 Å². The van der Waals surface area contributed by atoms with Crippen LogP contribution in [0.2, 0.25) is 0 Å². The van der Waals surface area contributed by atoms with Gasteiger partial charge in [-0.2, -0.15) is 0 Å². The molecule has 0 atom stereocenters. The van der Waals surface area contributed by atoms with Crippen molar-refractivity contribution >= 4 is 5.97 Å². The van der Waals surface area contributed by atoms with E-state index in [1.807, 2.05) is 0 Å². The van der Waals surface area contributed by atoms with Crippen LogP contribution in [0.1, 0.15) is 30.4 Å². The van der Waals surface area contributed by atoms with Crippen LogP contribution in [-0.4, -0.2) is 53.6 Å². The maximum atomic E-state index is 10.8. The Labute approximate surface area is 127 Å². The summed E-state index contributed by atoms with van der Waals surface area (Å²) in [6.45, 7) is 7.92. The largest absolute Gasteiger partial charge is 0.481 e. The maximum absolute atomic E-state index is 10.8. The summed E-state index contributed by atoms with van der Waals surface area (Å²) < 4.78 is 0. The Hall–Kier alpha value is -1.39. The Bertz CT molecular complexity index is 439. The van der Waals surface area contributed by atoms with Crippen molar-refractivity contribution in [3.63, 3.8) is 0 Å². The lowest BCUT2D eigenvalue weighted by molar-refractivity contribution is -0.137. The highest BCUT2D eigenvalue weighted by atomic mass is 16.4. The molecule has 0 unspecified atom stereocenters. The molecule has 1 aliphatic rings. The van der Waals surface area contributed by atoms with Crippen LogP contribution in [-0.2, 0) is 11.3 Å². The van der Waals surface area contributed by atoms with Gasteiger partial charge in [-0.25, -0.2) is 0 Å². The molecular formula is C17H26N2O2. The zero-order chi connectivity index (χ0) is 15.1. The van der Waals surface area contributed by atoms with Crippen LogP contribution in [0.5, 0.6) is 0 Å². The fraction of sp³-hybridized carbons (Fsp3) is 0.588. The number of carboxylic acids is 1. The van der Waals surface area contributed by atoms with Gasteiger partial charge < -0.3 is 10.0 Å². The molecule has 0 bridgehead atoms. The van der Waals surface area contributed by atoms with E-state index in [1.54, 1.807) is 0 Å². The first-order valence-electron chi connectivity index (χ1n) is 7.85. The Morgan fingerprint density at radius 3 is 2.48 bits per heavy atom. The average Bonchev–Trinajstić information content (AvgIpc) is 2.97. The van der Waals surface area contributed by atoms with Gasteiger partial charge in [-0.15, -0.1) is 0 Å². The molecule has 0 saturated carbocycles. The monoisotopic (exact) mass is 290 g/mol. The van der Waals surface area contributed by atoms with Crippen LogP contribution < -0.4 is 0 Å². The van der Waals surface area contributed by atoms with Gasteiger partial charge >= 0.3 is 5.97 Å². The fourth-order valence-electron chi connectivity index (χ4n) is 2.76. The molecule has 4 heteroatoms. The molecular weight excluding hydrogens is 264 g/mol. The zero-order valence-electron chi connectivity index (χ0n) is 12.9. The number of benzene rings is 1. The molecule has 1 fully saturated rings. The number of hydrogen-bond acceptors (Lipinski definition) is 3. The average molecular weight is 290 g/mol. The van der Waals surface area contributed by atoms with Crippen LogP contribution in [0.25, 0.3) is 0 Å². The number of hydrogen-bond donors (Lipinski definition) is 1. The van der Waals surface area contributed by atoms with Gasteiger partial charge in [0.25, 0.3) is 0 Å². The van der Waals surface area contributed by atoms with Crippen molar-refractivity contribution in [2.75, 3.05) is 32.7 Å². The van der Waals surface area contributed by atoms with E-state index in [9.17, 15) is 4.79 Å². The molecule has 0 radical (unpaired) electrons. The lowest BCUT2D eigenvalue weighted by atomic mass is 10.1. The van der Waals surface area contributed by atoms with Crippen molar-refractivity contribution < 1.29 is 9.90 Å². The molecule has 1 heterocycles. The van der Waals surface area contributed by atoms with Crippen molar-refractivity contribution in [1.82, 2.24) is 9.80 Å². The summed E-state index contributed by atoms with van der Waals surface area (Å²) in [5.41, 5.74) is 2.51. The topological polar surface area (TPSA) is 43.8 Å². The van der Waals surface area contributed by atoms with Crippen LogP contribution >= 0.6 is 0 Å². The second kappa shape index (κ2) is 8.15. The van der Waals surface area contributed by atoms with Crippen molar-refractivity contribution in [2.24, 2.45) is 0 Å². The van der Waals surface area contributed by atoms with Gasteiger partial charge in [0, 0.05) is 26.2 Å². The van der Waals surface area contributed by atoms with E-state index in [2.05, 4.69) is 41.0 Å². The standard InChI is InChI=1S/C17H26N2O2/c1-15-4-6-16(7-5-15)14-19(11-8-17(20)21)13-12-18-9-2-3-10-18/h4-7H,2-3,8-14H2,1H3,(H,20,21). The lowest BCUT2D eigenvalue weighted by Crippen LogP contribution is -2.34. The first-order chi connectivity index (χ1) is 10.1. The minimum atomic E-state index is -0.718. The summed E-state index contributed by atoms with van der Waals surface area (Å²) >= 11 is 0. The maximum Gasteiger partial charge on any atom is 0.304 e. The summed E-state index contributed by atoms with van der Waals surface area (Å²) in [7, 11) is 0. The Balaban J connectivity index is 1.86. The van der Waals surface area contributed by atoms with Gasteiger partial charge in [0.2, 0.25) is 0 Å². The summed E-state index contributed by atoms with van der Waals surface area (Å²) in [6.07, 6.45) is 2.81. The SMILES string of the molecule is Cc1ccc(CN(CCC(=O)O)CCN2CCCC2)cc1. The molecule has 2 rings (SSSR count). The molecule has 0 spiro atoms. The highest BCUT2D eigenvalue weighted by Crippen LogP contribution is 2.10. The van der Waals surface area contributed by atoms with E-state index < -0.39 is 5.97 Å². The van der Waals surface area contributed by atoms with E-state index in [0.717, 1.165) is 19.6 Å². The smallest absolute Gasteiger partial charge is 0.304 e. The third-order valence-electron chi connectivity index (χ3n) is 4.10. The summed E-state index contributed by atoms with van der Waals surface area (Å²) in [6, 6.07) is 8.51. The molecule has 1 aliphatic heterocycles. The van der Waals surface area contributed by atoms with Crippen molar-refractivity contribution in [1.29, 1.82) is 0 Å². The Kier molecular flexibility index (Phi) is 6.21. The highest BCUT2D eigenvalue weighted by molar-refractivity contribution is 5.66. The first-order valence-corrected chi connectivity index (χ1v) is 7.85. The number of aryl methyl sites for hydroxylation is 1. The second-order valence-corrected chi connectivity index (χ2v) is 5.95. The van der Waals surface area contributed by atoms with E-state index in [-0.39, 0.29) is 6.42 Å². The van der Waals surface area contributed by atoms with Crippen LogP contribution in [0.15, 0.2) is 24.3 Å². The van der Waals surface area contributed by atoms with E-state index in [0.29, 0.717) is 6.54 Å². The van der Waals surface area contributed by atoms with Gasteiger partial charge in [0.15, 0.2) is 0 Å². The predicted molar refractivity (Wildman–Crippen MR) is 84.4 cm³/mol. The van der Waals surface area contributed by atoms with Crippen LogP contribution in [0.3, 0.4) is 0 Å². The molecule has 1 aromatic carbocycles. The van der Waals surface area contributed by atoms with Crippen LogP contribution in [0.4, 0.5) is 0 Å². The van der Waals surface area contributed by atoms with Crippen molar-refractivity contribution in [2.45, 2.75) is 32.7 Å². The quantitative estimate of drug-likeness (QED) is 0.798. The molecule has 4 nitrogen and oxygen atoms in total. The normalized spacial score (nSPS) is 15.7. The Morgan fingerprint density at radius 2 is 1.86 bits per heavy atom. The minimum absolute atomic E-state index is 0.214. The highest BCUT2D eigenvalue weighted by Gasteiger charge is 2.14. The number of rotatable bonds is 8. The molecule has 0 amide bonds. The van der Waals surface area contributed by atoms with E-state index >= 15 is 0 Å². The zero-order valence-corrected chi connectivity index (χ0v) is 12.9. The fourth-order valence-corrected chi connectivity index (χ4v) is 2.76. The molecule has 21 heavy (non-hydrogen) atoms. The van der Waals surface area contributed by atoms with Crippen molar-refractivity contribution in [3.8, 4) is 0 Å². The van der Waals surface area contributed by atoms with E-state index in [4.69, 9.17) is 5.11 Å². The molecule has 0 aliphatic carbocycles.